The van der Waals surface area contributed by atoms with Crippen molar-refractivity contribution in [3.63, 3.8) is 0 Å². The Balaban J connectivity index is 1.98. The van der Waals surface area contributed by atoms with Crippen LogP contribution < -0.4 is 5.32 Å². The van der Waals surface area contributed by atoms with E-state index in [1.807, 2.05) is 0 Å². The highest BCUT2D eigenvalue weighted by atomic mass is 16.3. The number of carbonyl (C=O) groups excluding carboxylic acids is 1. The van der Waals surface area contributed by atoms with E-state index in [1.54, 1.807) is 0 Å². The Morgan fingerprint density at radius 1 is 0.568 bits per heavy atom. The van der Waals surface area contributed by atoms with E-state index < -0.39 is 0 Å². The molecule has 0 spiro atoms. The highest BCUT2D eigenvalue weighted by Crippen LogP contribution is 2.40. The van der Waals surface area contributed by atoms with Crippen LogP contribution in [0.5, 0.6) is 5.75 Å². The van der Waals surface area contributed by atoms with Gasteiger partial charge in [-0.2, -0.15) is 0 Å². The van der Waals surface area contributed by atoms with Crippen LogP contribution in [0, 0.1) is 0 Å². The molecule has 1 aromatic carbocycles. The van der Waals surface area contributed by atoms with Crippen LogP contribution in [-0.2, 0) is 22.0 Å². The summed E-state index contributed by atoms with van der Waals surface area (Å²) in [6.45, 7) is 15.9. The van der Waals surface area contributed by atoms with Gasteiger partial charge in [-0.05, 0) is 40.4 Å². The van der Waals surface area contributed by atoms with E-state index in [2.05, 4.69) is 65.9 Å². The molecule has 0 aromatic heterocycles. The molecule has 44 heavy (non-hydrogen) atoms. The fourth-order valence-electron chi connectivity index (χ4n) is 6.29. The van der Waals surface area contributed by atoms with Crippen LogP contribution in [-0.4, -0.2) is 17.6 Å². The number of phenols is 1. The van der Waals surface area contributed by atoms with Crippen molar-refractivity contribution in [2.24, 2.45) is 0 Å². The molecular weight excluding hydrogens is 538 g/mol. The molecule has 0 saturated heterocycles. The second kappa shape index (κ2) is 23.8. The standard InChI is InChI=1S/C41H75NO2/c1-8-9-10-11-12-13-14-15-16-17-18-19-20-21-22-23-24-25-26-27-28-29-32-42-38(43)31-30-35-33-36(40(2,3)4)39(44)37(34-35)41(5,6)7/h33-34,44H,8-32H2,1-7H3,(H,42,43). The Labute approximate surface area is 275 Å². The van der Waals surface area contributed by atoms with Gasteiger partial charge in [0.25, 0.3) is 0 Å². The van der Waals surface area contributed by atoms with Crippen molar-refractivity contribution in [3.8, 4) is 5.75 Å². The third-order valence-corrected chi connectivity index (χ3v) is 9.28. The van der Waals surface area contributed by atoms with Gasteiger partial charge in [-0.1, -0.05) is 195 Å². The molecule has 1 aromatic rings. The Kier molecular flexibility index (Phi) is 21.9. The number of amides is 1. The molecule has 0 heterocycles. The minimum atomic E-state index is -0.145. The zero-order valence-electron chi connectivity index (χ0n) is 30.7. The van der Waals surface area contributed by atoms with E-state index >= 15 is 0 Å². The van der Waals surface area contributed by atoms with Crippen LogP contribution >= 0.6 is 0 Å². The summed E-state index contributed by atoms with van der Waals surface area (Å²) in [4.78, 5) is 12.5. The molecule has 0 bridgehead atoms. The van der Waals surface area contributed by atoms with Gasteiger partial charge in [-0.25, -0.2) is 0 Å². The van der Waals surface area contributed by atoms with Gasteiger partial charge in [0.15, 0.2) is 0 Å². The number of aryl methyl sites for hydroxylation is 1. The average molecular weight is 614 g/mol. The van der Waals surface area contributed by atoms with Crippen molar-refractivity contribution in [3.05, 3.63) is 28.8 Å². The molecule has 0 radical (unpaired) electrons. The number of carbonyl (C=O) groups is 1. The maximum Gasteiger partial charge on any atom is 0.220 e. The molecule has 0 fully saturated rings. The lowest BCUT2D eigenvalue weighted by atomic mass is 9.78. The average Bonchev–Trinajstić information content (AvgIpc) is 2.95. The third kappa shape index (κ3) is 19.8. The number of hydrogen-bond donors (Lipinski definition) is 2. The number of unbranched alkanes of at least 4 members (excludes halogenated alkanes) is 21. The van der Waals surface area contributed by atoms with Crippen LogP contribution in [0.15, 0.2) is 12.1 Å². The fraction of sp³-hybridized carbons (Fsp3) is 0.829. The molecule has 0 aliphatic carbocycles. The summed E-state index contributed by atoms with van der Waals surface area (Å²) in [7, 11) is 0. The zero-order valence-corrected chi connectivity index (χ0v) is 30.7. The molecule has 256 valence electrons. The number of rotatable bonds is 26. The molecule has 0 aliphatic rings. The first-order valence-corrected chi connectivity index (χ1v) is 19.1. The molecular formula is C41H75NO2. The molecule has 3 heteroatoms. The Bertz CT molecular complexity index is 825. The molecule has 0 unspecified atom stereocenters. The van der Waals surface area contributed by atoms with Crippen LogP contribution in [0.25, 0.3) is 0 Å². The second-order valence-corrected chi connectivity index (χ2v) is 15.8. The lowest BCUT2D eigenvalue weighted by Crippen LogP contribution is -2.24. The normalized spacial score (nSPS) is 12.2. The topological polar surface area (TPSA) is 49.3 Å². The van der Waals surface area contributed by atoms with Gasteiger partial charge >= 0.3 is 0 Å². The number of nitrogens with one attached hydrogen (secondary N) is 1. The lowest BCUT2D eigenvalue weighted by molar-refractivity contribution is -0.121. The summed E-state index contributed by atoms with van der Waals surface area (Å²) in [5, 5.41) is 14.1. The highest BCUT2D eigenvalue weighted by Gasteiger charge is 2.26. The van der Waals surface area contributed by atoms with Gasteiger partial charge in [-0.15, -0.1) is 0 Å². The fourth-order valence-corrected chi connectivity index (χ4v) is 6.29. The second-order valence-electron chi connectivity index (χ2n) is 15.8. The quantitative estimate of drug-likeness (QED) is 0.102. The smallest absolute Gasteiger partial charge is 0.220 e. The summed E-state index contributed by atoms with van der Waals surface area (Å²) in [6.07, 6.45) is 31.9. The monoisotopic (exact) mass is 614 g/mol. The van der Waals surface area contributed by atoms with Crippen LogP contribution in [0.3, 0.4) is 0 Å². The minimum absolute atomic E-state index is 0.135. The molecule has 0 atom stereocenters. The first-order valence-electron chi connectivity index (χ1n) is 19.1. The van der Waals surface area contributed by atoms with Gasteiger partial charge in [0.05, 0.1) is 0 Å². The Morgan fingerprint density at radius 2 is 0.886 bits per heavy atom. The molecule has 2 N–H and O–H groups in total. The number of aromatic hydroxyl groups is 1. The zero-order chi connectivity index (χ0) is 32.7. The van der Waals surface area contributed by atoms with Crippen molar-refractivity contribution in [1.82, 2.24) is 5.32 Å². The first-order chi connectivity index (χ1) is 21.0. The molecule has 3 nitrogen and oxygen atoms in total. The molecule has 1 amide bonds. The molecule has 0 saturated carbocycles. The van der Waals surface area contributed by atoms with Crippen molar-refractivity contribution >= 4 is 5.91 Å². The van der Waals surface area contributed by atoms with Crippen molar-refractivity contribution < 1.29 is 9.90 Å². The summed E-state index contributed by atoms with van der Waals surface area (Å²) in [5.74, 6) is 0.541. The van der Waals surface area contributed by atoms with Crippen LogP contribution in [0.1, 0.15) is 213 Å². The van der Waals surface area contributed by atoms with Crippen molar-refractivity contribution in [1.29, 1.82) is 0 Å². The maximum absolute atomic E-state index is 12.5. The summed E-state index contributed by atoms with van der Waals surface area (Å²) in [6, 6.07) is 4.19. The summed E-state index contributed by atoms with van der Waals surface area (Å²) in [5.41, 5.74) is 2.78. The Hall–Kier alpha value is -1.51. The predicted molar refractivity (Wildman–Crippen MR) is 194 cm³/mol. The maximum atomic E-state index is 12.5. The van der Waals surface area contributed by atoms with Crippen molar-refractivity contribution in [2.75, 3.05) is 6.54 Å². The molecule has 0 aliphatic heterocycles. The van der Waals surface area contributed by atoms with E-state index in [0.29, 0.717) is 18.6 Å². The SMILES string of the molecule is CCCCCCCCCCCCCCCCCCCCCCCCNC(=O)CCc1cc(C(C)(C)C)c(O)c(C(C)(C)C)c1. The van der Waals surface area contributed by atoms with E-state index in [1.165, 1.54) is 135 Å². The number of hydrogen-bond acceptors (Lipinski definition) is 2. The van der Waals surface area contributed by atoms with E-state index in [-0.39, 0.29) is 16.7 Å². The summed E-state index contributed by atoms with van der Waals surface area (Å²) < 4.78 is 0. The number of phenolic OH excluding ortho intramolecular Hbond substituents is 1. The van der Waals surface area contributed by atoms with Gasteiger partial charge in [0.1, 0.15) is 5.75 Å². The Morgan fingerprint density at radius 3 is 1.20 bits per heavy atom. The lowest BCUT2D eigenvalue weighted by Gasteiger charge is -2.28. The van der Waals surface area contributed by atoms with E-state index in [4.69, 9.17) is 0 Å². The first kappa shape index (κ1) is 40.5. The summed E-state index contributed by atoms with van der Waals surface area (Å²) >= 11 is 0. The predicted octanol–water partition coefficient (Wildman–Crippen LogP) is 12.6. The van der Waals surface area contributed by atoms with Crippen molar-refractivity contribution in [2.45, 2.75) is 213 Å². The third-order valence-electron chi connectivity index (χ3n) is 9.28. The van der Waals surface area contributed by atoms with Gasteiger partial charge in [0, 0.05) is 13.0 Å². The largest absolute Gasteiger partial charge is 0.507 e. The number of benzene rings is 1. The van der Waals surface area contributed by atoms with Gasteiger partial charge in [-0.3, -0.25) is 4.79 Å². The van der Waals surface area contributed by atoms with E-state index in [0.717, 1.165) is 29.7 Å². The van der Waals surface area contributed by atoms with E-state index in [9.17, 15) is 9.90 Å². The van der Waals surface area contributed by atoms with Crippen LogP contribution in [0.4, 0.5) is 0 Å². The minimum Gasteiger partial charge on any atom is -0.507 e. The van der Waals surface area contributed by atoms with Gasteiger partial charge in [0.2, 0.25) is 5.91 Å². The van der Waals surface area contributed by atoms with Crippen LogP contribution in [0.2, 0.25) is 0 Å². The highest BCUT2D eigenvalue weighted by molar-refractivity contribution is 5.76. The van der Waals surface area contributed by atoms with Gasteiger partial charge < -0.3 is 10.4 Å². The molecule has 1 rings (SSSR count).